The summed E-state index contributed by atoms with van der Waals surface area (Å²) in [6.07, 6.45) is 0. The molecule has 0 aliphatic rings. The van der Waals surface area contributed by atoms with E-state index in [-0.39, 0.29) is 16.1 Å². The lowest BCUT2D eigenvalue weighted by atomic mass is 10.2. The van der Waals surface area contributed by atoms with Crippen molar-refractivity contribution in [3.63, 3.8) is 0 Å². The van der Waals surface area contributed by atoms with Crippen LogP contribution < -0.4 is 10.0 Å². The van der Waals surface area contributed by atoms with Crippen molar-refractivity contribution in [3.8, 4) is 0 Å². The second-order valence-corrected chi connectivity index (χ2v) is 7.21. The van der Waals surface area contributed by atoms with Gasteiger partial charge in [0.2, 0.25) is 0 Å². The highest BCUT2D eigenvalue weighted by molar-refractivity contribution is 7.92. The van der Waals surface area contributed by atoms with Gasteiger partial charge in [-0.15, -0.1) is 0 Å². The van der Waals surface area contributed by atoms with Crippen LogP contribution in [-0.4, -0.2) is 14.3 Å². The topological polar surface area (TPSA) is 75.3 Å². The quantitative estimate of drug-likeness (QED) is 0.693. The van der Waals surface area contributed by atoms with Gasteiger partial charge >= 0.3 is 0 Å². The van der Waals surface area contributed by atoms with Gasteiger partial charge in [0, 0.05) is 5.56 Å². The molecule has 2 N–H and O–H groups in total. The minimum absolute atomic E-state index is 0.150. The number of sulfonamides is 1. The summed E-state index contributed by atoms with van der Waals surface area (Å²) in [4.78, 5) is 12.0. The summed E-state index contributed by atoms with van der Waals surface area (Å²) in [7, 11) is -4.20. The Balaban J connectivity index is 1.91. The first-order valence-corrected chi connectivity index (χ1v) is 9.29. The normalized spacial score (nSPS) is 11.0. The molecule has 5 nitrogen and oxygen atoms in total. The molecule has 0 aromatic heterocycles. The van der Waals surface area contributed by atoms with E-state index in [0.717, 1.165) is 12.1 Å². The van der Waals surface area contributed by atoms with Gasteiger partial charge in [0.15, 0.2) is 5.82 Å². The molecule has 3 rings (SSSR count). The molecule has 27 heavy (non-hydrogen) atoms. The maximum Gasteiger partial charge on any atom is 0.262 e. The maximum absolute atomic E-state index is 14.7. The molecule has 0 saturated heterocycles. The van der Waals surface area contributed by atoms with E-state index in [1.807, 2.05) is 4.72 Å². The van der Waals surface area contributed by atoms with Gasteiger partial charge in [0.05, 0.1) is 10.6 Å². The molecule has 0 spiro atoms. The number of carbonyl (C=O) groups is 1. The summed E-state index contributed by atoms with van der Waals surface area (Å²) in [5.74, 6) is -2.94. The molecular weight excluding hydrogens is 374 g/mol. The first kappa shape index (κ1) is 18.5. The van der Waals surface area contributed by atoms with Crippen LogP contribution in [0.5, 0.6) is 0 Å². The predicted octanol–water partition coefficient (Wildman–Crippen LogP) is 4.02. The predicted molar refractivity (Wildman–Crippen MR) is 98.0 cm³/mol. The van der Waals surface area contributed by atoms with Crippen LogP contribution in [-0.2, 0) is 10.0 Å². The van der Waals surface area contributed by atoms with Crippen molar-refractivity contribution < 1.29 is 22.0 Å². The highest BCUT2D eigenvalue weighted by Gasteiger charge is 2.22. The van der Waals surface area contributed by atoms with E-state index in [0.29, 0.717) is 0 Å². The number of anilines is 2. The van der Waals surface area contributed by atoms with Crippen LogP contribution in [0.15, 0.2) is 77.7 Å². The largest absolute Gasteiger partial charge is 0.319 e. The van der Waals surface area contributed by atoms with Crippen molar-refractivity contribution >= 4 is 27.3 Å². The van der Waals surface area contributed by atoms with Gasteiger partial charge in [-0.3, -0.25) is 9.52 Å². The molecule has 8 heteroatoms. The Bertz CT molecular complexity index is 1070. The highest BCUT2D eigenvalue weighted by Crippen LogP contribution is 2.28. The second-order valence-electron chi connectivity index (χ2n) is 5.52. The van der Waals surface area contributed by atoms with Crippen molar-refractivity contribution in [2.24, 2.45) is 0 Å². The summed E-state index contributed by atoms with van der Waals surface area (Å²) in [5.41, 5.74) is -0.951. The molecule has 0 atom stereocenters. The Labute approximate surface area is 154 Å². The van der Waals surface area contributed by atoms with Crippen LogP contribution in [0.25, 0.3) is 0 Å². The first-order chi connectivity index (χ1) is 12.9. The smallest absolute Gasteiger partial charge is 0.262 e. The molecule has 0 aliphatic carbocycles. The van der Waals surface area contributed by atoms with E-state index in [9.17, 15) is 22.0 Å². The van der Waals surface area contributed by atoms with Crippen molar-refractivity contribution in [2.75, 3.05) is 10.0 Å². The van der Waals surface area contributed by atoms with Gasteiger partial charge in [0.1, 0.15) is 11.5 Å². The monoisotopic (exact) mass is 388 g/mol. The van der Waals surface area contributed by atoms with Crippen LogP contribution >= 0.6 is 0 Å². The molecule has 0 radical (unpaired) electrons. The minimum Gasteiger partial charge on any atom is -0.319 e. The third kappa shape index (κ3) is 4.12. The van der Waals surface area contributed by atoms with Crippen LogP contribution in [0.1, 0.15) is 10.4 Å². The second kappa shape index (κ2) is 7.55. The molecule has 3 aromatic rings. The summed E-state index contributed by atoms with van der Waals surface area (Å²) < 4.78 is 55.3. The summed E-state index contributed by atoms with van der Waals surface area (Å²) in [6, 6.07) is 17.1. The zero-order chi connectivity index (χ0) is 19.4. The summed E-state index contributed by atoms with van der Waals surface area (Å²) in [6.45, 7) is 0. The van der Waals surface area contributed by atoms with E-state index < -0.39 is 33.3 Å². The number of benzene rings is 3. The lowest BCUT2D eigenvalue weighted by molar-refractivity contribution is 0.102. The lowest BCUT2D eigenvalue weighted by Gasteiger charge is -2.13. The van der Waals surface area contributed by atoms with Crippen LogP contribution in [0.4, 0.5) is 20.2 Å². The molecule has 0 bridgehead atoms. The Morgan fingerprint density at radius 1 is 0.815 bits per heavy atom. The fraction of sp³-hybridized carbons (Fsp3) is 0. The number of carbonyl (C=O) groups excluding carboxylic acids is 1. The fourth-order valence-corrected chi connectivity index (χ4v) is 3.41. The van der Waals surface area contributed by atoms with Gasteiger partial charge in [0.25, 0.3) is 15.9 Å². The molecule has 0 fully saturated rings. The third-order valence-electron chi connectivity index (χ3n) is 3.67. The van der Waals surface area contributed by atoms with Crippen molar-refractivity contribution in [1.29, 1.82) is 0 Å². The van der Waals surface area contributed by atoms with Crippen LogP contribution in [0.3, 0.4) is 0 Å². The standard InChI is InChI=1S/C19H14F2N2O3S/c20-15-11-12-16(22-19(24)13-7-3-1-4-8-13)17(21)18(15)23-27(25,26)14-9-5-2-6-10-14/h1-12,23H,(H,22,24). The molecule has 3 aromatic carbocycles. The SMILES string of the molecule is O=C(Nc1ccc(F)c(NS(=O)(=O)c2ccccc2)c1F)c1ccccc1. The van der Waals surface area contributed by atoms with Crippen LogP contribution in [0.2, 0.25) is 0 Å². The minimum atomic E-state index is -4.20. The third-order valence-corrected chi connectivity index (χ3v) is 5.03. The number of amides is 1. The molecule has 1 amide bonds. The zero-order valence-electron chi connectivity index (χ0n) is 13.8. The average Bonchev–Trinajstić information content (AvgIpc) is 2.68. The number of nitrogens with one attached hydrogen (secondary N) is 2. The number of hydrogen-bond acceptors (Lipinski definition) is 3. The zero-order valence-corrected chi connectivity index (χ0v) is 14.6. The first-order valence-electron chi connectivity index (χ1n) is 7.81. The molecule has 0 heterocycles. The van der Waals surface area contributed by atoms with E-state index in [2.05, 4.69) is 5.32 Å². The average molecular weight is 388 g/mol. The van der Waals surface area contributed by atoms with E-state index in [1.165, 1.54) is 36.4 Å². The molecular formula is C19H14F2N2O3S. The summed E-state index contributed by atoms with van der Waals surface area (Å²) >= 11 is 0. The maximum atomic E-state index is 14.7. The Kier molecular flexibility index (Phi) is 5.18. The van der Waals surface area contributed by atoms with Gasteiger partial charge in [-0.2, -0.15) is 0 Å². The van der Waals surface area contributed by atoms with Crippen LogP contribution in [0, 0.1) is 11.6 Å². The van der Waals surface area contributed by atoms with Gasteiger partial charge in [-0.25, -0.2) is 17.2 Å². The number of rotatable bonds is 5. The van der Waals surface area contributed by atoms with E-state index >= 15 is 0 Å². The van der Waals surface area contributed by atoms with Gasteiger partial charge in [-0.1, -0.05) is 36.4 Å². The molecule has 0 saturated carbocycles. The van der Waals surface area contributed by atoms with E-state index in [1.54, 1.807) is 24.3 Å². The Hall–Kier alpha value is -3.26. The number of halogens is 2. The molecule has 0 aliphatic heterocycles. The Morgan fingerprint density at radius 3 is 2.04 bits per heavy atom. The molecule has 0 unspecified atom stereocenters. The van der Waals surface area contributed by atoms with Crippen molar-refractivity contribution in [1.82, 2.24) is 0 Å². The van der Waals surface area contributed by atoms with Gasteiger partial charge in [-0.05, 0) is 36.4 Å². The fourth-order valence-electron chi connectivity index (χ4n) is 2.32. The van der Waals surface area contributed by atoms with Crippen molar-refractivity contribution in [3.05, 3.63) is 90.0 Å². The number of hydrogen-bond donors (Lipinski definition) is 2. The highest BCUT2D eigenvalue weighted by atomic mass is 32.2. The molecule has 138 valence electrons. The summed E-state index contributed by atoms with van der Waals surface area (Å²) in [5, 5.41) is 2.30. The Morgan fingerprint density at radius 2 is 1.41 bits per heavy atom. The van der Waals surface area contributed by atoms with Crippen molar-refractivity contribution in [2.45, 2.75) is 4.90 Å². The van der Waals surface area contributed by atoms with Gasteiger partial charge < -0.3 is 5.32 Å². The van der Waals surface area contributed by atoms with E-state index in [4.69, 9.17) is 0 Å². The lowest BCUT2D eigenvalue weighted by Crippen LogP contribution is -2.17.